The highest BCUT2D eigenvalue weighted by Gasteiger charge is 2.33. The second-order valence-corrected chi connectivity index (χ2v) is 6.74. The molecule has 0 saturated heterocycles. The predicted octanol–water partition coefficient (Wildman–Crippen LogP) is 4.13. The van der Waals surface area contributed by atoms with Crippen LogP contribution in [0.5, 0.6) is 0 Å². The number of fused-ring (bicyclic) bond motifs is 1. The molecule has 1 aromatic heterocycles. The van der Waals surface area contributed by atoms with Gasteiger partial charge in [0.25, 0.3) is 0 Å². The molecule has 0 spiro atoms. The van der Waals surface area contributed by atoms with Crippen LogP contribution in [-0.4, -0.2) is 9.55 Å². The summed E-state index contributed by atoms with van der Waals surface area (Å²) in [4.78, 5) is 5.04. The summed E-state index contributed by atoms with van der Waals surface area (Å²) in [6.07, 6.45) is 7.72. The van der Waals surface area contributed by atoms with E-state index in [1.54, 1.807) is 0 Å². The molecule has 0 aliphatic heterocycles. The Morgan fingerprint density at radius 1 is 1.24 bits per heavy atom. The molecule has 1 fully saturated rings. The van der Waals surface area contributed by atoms with Gasteiger partial charge in [-0.05, 0) is 37.0 Å². The van der Waals surface area contributed by atoms with Crippen LogP contribution in [0.25, 0.3) is 11.0 Å². The van der Waals surface area contributed by atoms with Crippen LogP contribution in [-0.2, 0) is 18.5 Å². The first-order chi connectivity index (χ1) is 10.2. The summed E-state index contributed by atoms with van der Waals surface area (Å²) in [5.41, 5.74) is 9.59. The Morgan fingerprint density at radius 2 is 2.00 bits per heavy atom. The van der Waals surface area contributed by atoms with Gasteiger partial charge in [0.1, 0.15) is 5.82 Å². The van der Waals surface area contributed by atoms with Gasteiger partial charge < -0.3 is 10.3 Å². The zero-order chi connectivity index (χ0) is 14.9. The summed E-state index contributed by atoms with van der Waals surface area (Å²) < 4.78 is 2.46. The number of hydrogen-bond donors (Lipinski definition) is 1. The molecule has 3 nitrogen and oxygen atoms in total. The van der Waals surface area contributed by atoms with E-state index in [1.165, 1.54) is 49.0 Å². The zero-order valence-electron chi connectivity index (χ0n) is 13.4. The largest absolute Gasteiger partial charge is 0.328 e. The van der Waals surface area contributed by atoms with Crippen LogP contribution < -0.4 is 5.73 Å². The second-order valence-electron chi connectivity index (χ2n) is 6.74. The van der Waals surface area contributed by atoms with Crippen molar-refractivity contribution in [1.82, 2.24) is 9.55 Å². The lowest BCUT2D eigenvalue weighted by atomic mass is 9.75. The molecule has 3 rings (SSSR count). The van der Waals surface area contributed by atoms with Crippen molar-refractivity contribution >= 4 is 11.0 Å². The molecule has 3 heteroatoms. The third-order valence-electron chi connectivity index (χ3n) is 4.99. The monoisotopic (exact) mass is 285 g/mol. The van der Waals surface area contributed by atoms with E-state index in [2.05, 4.69) is 36.6 Å². The maximum absolute atomic E-state index is 5.78. The van der Waals surface area contributed by atoms with Gasteiger partial charge in [0.15, 0.2) is 0 Å². The molecule has 2 N–H and O–H groups in total. The number of rotatable bonds is 4. The number of aromatic nitrogens is 2. The second kappa shape index (κ2) is 5.80. The van der Waals surface area contributed by atoms with Crippen LogP contribution in [0, 0.1) is 0 Å². The third kappa shape index (κ3) is 2.59. The predicted molar refractivity (Wildman–Crippen MR) is 88.4 cm³/mol. The highest BCUT2D eigenvalue weighted by atomic mass is 15.1. The number of nitrogens with two attached hydrogens (primary N) is 1. The van der Waals surface area contributed by atoms with E-state index in [4.69, 9.17) is 10.7 Å². The number of aryl methyl sites for hydroxylation is 1. The van der Waals surface area contributed by atoms with Crippen molar-refractivity contribution in [3.8, 4) is 0 Å². The lowest BCUT2D eigenvalue weighted by molar-refractivity contribution is 0.295. The van der Waals surface area contributed by atoms with E-state index < -0.39 is 0 Å². The number of imidazole rings is 1. The first-order valence-corrected chi connectivity index (χ1v) is 8.37. The third-order valence-corrected chi connectivity index (χ3v) is 4.99. The Balaban J connectivity index is 2.13. The van der Waals surface area contributed by atoms with Crippen molar-refractivity contribution in [2.75, 3.05) is 0 Å². The van der Waals surface area contributed by atoms with E-state index in [0.717, 1.165) is 18.5 Å². The van der Waals surface area contributed by atoms with Crippen molar-refractivity contribution in [3.63, 3.8) is 0 Å². The minimum Gasteiger partial charge on any atom is -0.328 e. The van der Waals surface area contributed by atoms with E-state index in [0.29, 0.717) is 6.54 Å². The SMILES string of the molecule is CCCn1c(C2(C)CCCCC2)nc2cc(CN)ccc21. The summed E-state index contributed by atoms with van der Waals surface area (Å²) in [6, 6.07) is 6.51. The van der Waals surface area contributed by atoms with Gasteiger partial charge in [0.2, 0.25) is 0 Å². The molecule has 1 aliphatic rings. The van der Waals surface area contributed by atoms with Crippen LogP contribution in [0.1, 0.15) is 63.8 Å². The summed E-state index contributed by atoms with van der Waals surface area (Å²) in [5, 5.41) is 0. The van der Waals surface area contributed by atoms with Crippen LogP contribution in [0.4, 0.5) is 0 Å². The Hall–Kier alpha value is -1.35. The molecule has 0 bridgehead atoms. The van der Waals surface area contributed by atoms with Crippen LogP contribution in [0.15, 0.2) is 18.2 Å². The van der Waals surface area contributed by atoms with Gasteiger partial charge in [-0.25, -0.2) is 4.98 Å². The van der Waals surface area contributed by atoms with Crippen LogP contribution in [0.3, 0.4) is 0 Å². The standard InChI is InChI=1S/C18H27N3/c1-3-11-21-16-8-7-14(13-19)12-15(16)20-17(21)18(2)9-5-4-6-10-18/h7-8,12H,3-6,9-11,13,19H2,1-2H3. The fourth-order valence-corrected chi connectivity index (χ4v) is 3.77. The van der Waals surface area contributed by atoms with E-state index in [9.17, 15) is 0 Å². The molecular weight excluding hydrogens is 258 g/mol. The first-order valence-electron chi connectivity index (χ1n) is 8.37. The quantitative estimate of drug-likeness (QED) is 0.918. The molecule has 1 saturated carbocycles. The van der Waals surface area contributed by atoms with Crippen LogP contribution in [0.2, 0.25) is 0 Å². The molecule has 1 heterocycles. The van der Waals surface area contributed by atoms with Crippen molar-refractivity contribution in [2.24, 2.45) is 5.73 Å². The highest BCUT2D eigenvalue weighted by molar-refractivity contribution is 5.77. The lowest BCUT2D eigenvalue weighted by Crippen LogP contribution is -2.29. The maximum atomic E-state index is 5.78. The molecule has 1 aromatic carbocycles. The fourth-order valence-electron chi connectivity index (χ4n) is 3.77. The van der Waals surface area contributed by atoms with Crippen molar-refractivity contribution in [3.05, 3.63) is 29.6 Å². The molecule has 1 aliphatic carbocycles. The van der Waals surface area contributed by atoms with Crippen molar-refractivity contribution in [2.45, 2.75) is 70.9 Å². The number of nitrogens with zero attached hydrogens (tertiary/aromatic N) is 2. The number of hydrogen-bond acceptors (Lipinski definition) is 2. The average molecular weight is 285 g/mol. The van der Waals surface area contributed by atoms with Gasteiger partial charge in [-0.2, -0.15) is 0 Å². The van der Waals surface area contributed by atoms with Crippen molar-refractivity contribution in [1.29, 1.82) is 0 Å². The maximum Gasteiger partial charge on any atom is 0.115 e. The summed E-state index contributed by atoms with van der Waals surface area (Å²) in [6.45, 7) is 6.29. The molecule has 21 heavy (non-hydrogen) atoms. The molecule has 114 valence electrons. The Bertz CT molecular complexity index is 621. The fraction of sp³-hybridized carbons (Fsp3) is 0.611. The van der Waals surface area contributed by atoms with Gasteiger partial charge in [-0.1, -0.05) is 39.2 Å². The summed E-state index contributed by atoms with van der Waals surface area (Å²) in [7, 11) is 0. The smallest absolute Gasteiger partial charge is 0.115 e. The first kappa shape index (κ1) is 14.6. The molecule has 2 aromatic rings. The van der Waals surface area contributed by atoms with Gasteiger partial charge >= 0.3 is 0 Å². The molecular formula is C18H27N3. The minimum absolute atomic E-state index is 0.245. The van der Waals surface area contributed by atoms with E-state index >= 15 is 0 Å². The van der Waals surface area contributed by atoms with Gasteiger partial charge in [-0.15, -0.1) is 0 Å². The van der Waals surface area contributed by atoms with Crippen LogP contribution >= 0.6 is 0 Å². The Morgan fingerprint density at radius 3 is 2.67 bits per heavy atom. The lowest BCUT2D eigenvalue weighted by Gasteiger charge is -2.33. The molecule has 0 amide bonds. The molecule has 0 atom stereocenters. The molecule has 0 unspecified atom stereocenters. The summed E-state index contributed by atoms with van der Waals surface area (Å²) in [5.74, 6) is 1.30. The summed E-state index contributed by atoms with van der Waals surface area (Å²) >= 11 is 0. The molecule has 0 radical (unpaired) electrons. The van der Waals surface area contributed by atoms with Gasteiger partial charge in [0.05, 0.1) is 11.0 Å². The zero-order valence-corrected chi connectivity index (χ0v) is 13.4. The van der Waals surface area contributed by atoms with Gasteiger partial charge in [-0.3, -0.25) is 0 Å². The van der Waals surface area contributed by atoms with Gasteiger partial charge in [0, 0.05) is 18.5 Å². The Kier molecular flexibility index (Phi) is 4.03. The normalized spacial score (nSPS) is 18.2. The minimum atomic E-state index is 0.245. The highest BCUT2D eigenvalue weighted by Crippen LogP contribution is 2.39. The van der Waals surface area contributed by atoms with E-state index in [1.807, 2.05) is 0 Å². The Labute approximate surface area is 127 Å². The van der Waals surface area contributed by atoms with Crippen molar-refractivity contribution < 1.29 is 0 Å². The van der Waals surface area contributed by atoms with E-state index in [-0.39, 0.29) is 5.41 Å². The topological polar surface area (TPSA) is 43.8 Å². The number of benzene rings is 1. The average Bonchev–Trinajstić information content (AvgIpc) is 2.87.